The molecule has 1 aromatic carbocycles. The molecule has 124 valence electrons. The molecule has 1 aromatic rings. The van der Waals surface area contributed by atoms with Crippen molar-refractivity contribution in [2.45, 2.75) is 18.7 Å². The van der Waals surface area contributed by atoms with Gasteiger partial charge in [0.05, 0.1) is 12.0 Å². The summed E-state index contributed by atoms with van der Waals surface area (Å²) in [5.74, 6) is -1.31. The second kappa shape index (κ2) is 8.00. The lowest BCUT2D eigenvalue weighted by Gasteiger charge is -2.21. The van der Waals surface area contributed by atoms with Gasteiger partial charge in [0.2, 0.25) is 0 Å². The number of carboxylic acid groups (broad SMARTS) is 1. The van der Waals surface area contributed by atoms with Gasteiger partial charge in [0.1, 0.15) is 18.5 Å². The molecule has 0 aliphatic heterocycles. The van der Waals surface area contributed by atoms with Crippen molar-refractivity contribution in [3.63, 3.8) is 0 Å². The molecule has 2 N–H and O–H groups in total. The first-order valence-electron chi connectivity index (χ1n) is 6.57. The Morgan fingerprint density at radius 2 is 2.00 bits per heavy atom. The molecule has 0 saturated heterocycles. The minimum atomic E-state index is -4.53. The summed E-state index contributed by atoms with van der Waals surface area (Å²) in [4.78, 5) is 12.0. The summed E-state index contributed by atoms with van der Waals surface area (Å²) >= 11 is 0. The van der Waals surface area contributed by atoms with Crippen LogP contribution in [-0.4, -0.2) is 53.9 Å². The van der Waals surface area contributed by atoms with Gasteiger partial charge in [0.25, 0.3) is 0 Å². The van der Waals surface area contributed by atoms with E-state index in [0.717, 1.165) is 6.07 Å². The van der Waals surface area contributed by atoms with Gasteiger partial charge in [-0.05, 0) is 19.2 Å². The third kappa shape index (κ3) is 6.31. The fourth-order valence-electron chi connectivity index (χ4n) is 1.80. The second-order valence-electron chi connectivity index (χ2n) is 4.86. The van der Waals surface area contributed by atoms with E-state index in [0.29, 0.717) is 0 Å². The Morgan fingerprint density at radius 1 is 1.36 bits per heavy atom. The van der Waals surface area contributed by atoms with Crippen LogP contribution in [0.1, 0.15) is 12.0 Å². The lowest BCUT2D eigenvalue weighted by molar-refractivity contribution is -0.139. The second-order valence-corrected chi connectivity index (χ2v) is 4.86. The molecule has 5 nitrogen and oxygen atoms in total. The van der Waals surface area contributed by atoms with Crippen molar-refractivity contribution in [1.82, 2.24) is 4.90 Å². The molecule has 0 aromatic heterocycles. The van der Waals surface area contributed by atoms with Crippen LogP contribution in [0, 0.1) is 0 Å². The number of aliphatic hydroxyl groups is 1. The normalized spacial score (nSPS) is 13.2. The summed E-state index contributed by atoms with van der Waals surface area (Å²) in [6, 6.07) is 4.76. The van der Waals surface area contributed by atoms with Gasteiger partial charge in [-0.2, -0.15) is 13.2 Å². The Labute approximate surface area is 125 Å². The fourth-order valence-corrected chi connectivity index (χ4v) is 1.80. The Balaban J connectivity index is 2.51. The smallest absolute Gasteiger partial charge is 0.419 e. The van der Waals surface area contributed by atoms with Gasteiger partial charge in [-0.25, -0.2) is 0 Å². The minimum absolute atomic E-state index is 0.0824. The number of benzene rings is 1. The fraction of sp³-hybridized carbons (Fsp3) is 0.500. The van der Waals surface area contributed by atoms with Gasteiger partial charge < -0.3 is 19.8 Å². The molecule has 1 unspecified atom stereocenters. The minimum Gasteiger partial charge on any atom is -0.490 e. The van der Waals surface area contributed by atoms with Crippen LogP contribution in [0.3, 0.4) is 0 Å². The Hall–Kier alpha value is -1.80. The summed E-state index contributed by atoms with van der Waals surface area (Å²) in [7, 11) is 1.61. The monoisotopic (exact) mass is 321 g/mol. The molecule has 8 heteroatoms. The van der Waals surface area contributed by atoms with E-state index in [9.17, 15) is 23.1 Å². The van der Waals surface area contributed by atoms with Crippen LogP contribution in [0.15, 0.2) is 24.3 Å². The zero-order chi connectivity index (χ0) is 16.8. The molecule has 0 aliphatic carbocycles. The molecule has 0 spiro atoms. The van der Waals surface area contributed by atoms with E-state index in [-0.39, 0.29) is 31.9 Å². The zero-order valence-corrected chi connectivity index (χ0v) is 12.0. The molecular formula is C14H18F3NO4. The van der Waals surface area contributed by atoms with Gasteiger partial charge in [-0.15, -0.1) is 0 Å². The number of ether oxygens (including phenoxy) is 1. The number of carboxylic acids is 1. The van der Waals surface area contributed by atoms with Crippen molar-refractivity contribution in [3.05, 3.63) is 29.8 Å². The predicted molar refractivity (Wildman–Crippen MR) is 72.7 cm³/mol. The number of alkyl halides is 3. The van der Waals surface area contributed by atoms with E-state index < -0.39 is 23.8 Å². The number of hydrogen-bond donors (Lipinski definition) is 2. The highest BCUT2D eigenvalue weighted by Gasteiger charge is 2.34. The maximum Gasteiger partial charge on any atom is 0.419 e. The molecule has 0 radical (unpaired) electrons. The lowest BCUT2D eigenvalue weighted by atomic mass is 10.2. The Morgan fingerprint density at radius 3 is 2.59 bits per heavy atom. The number of hydrogen-bond acceptors (Lipinski definition) is 4. The lowest BCUT2D eigenvalue weighted by Crippen LogP contribution is -2.34. The van der Waals surface area contributed by atoms with Crippen molar-refractivity contribution < 1.29 is 32.9 Å². The van der Waals surface area contributed by atoms with Crippen LogP contribution in [0.5, 0.6) is 5.75 Å². The number of para-hydroxylation sites is 1. The number of aliphatic hydroxyl groups excluding tert-OH is 1. The average Bonchev–Trinajstić information content (AvgIpc) is 2.42. The highest BCUT2D eigenvalue weighted by atomic mass is 19.4. The van der Waals surface area contributed by atoms with Crippen molar-refractivity contribution in [2.24, 2.45) is 0 Å². The number of halogens is 3. The first-order valence-corrected chi connectivity index (χ1v) is 6.57. The average molecular weight is 321 g/mol. The van der Waals surface area contributed by atoms with Gasteiger partial charge in [0, 0.05) is 13.1 Å². The molecule has 0 aliphatic rings. The van der Waals surface area contributed by atoms with E-state index >= 15 is 0 Å². The summed E-state index contributed by atoms with van der Waals surface area (Å²) in [6.07, 6.45) is -5.64. The summed E-state index contributed by atoms with van der Waals surface area (Å²) < 4.78 is 43.3. The summed E-state index contributed by atoms with van der Waals surface area (Å²) in [5, 5.41) is 18.3. The van der Waals surface area contributed by atoms with E-state index in [4.69, 9.17) is 9.84 Å². The maximum absolute atomic E-state index is 12.8. The first kappa shape index (κ1) is 18.2. The van der Waals surface area contributed by atoms with Crippen molar-refractivity contribution >= 4 is 5.97 Å². The van der Waals surface area contributed by atoms with Crippen LogP contribution in [0.4, 0.5) is 13.2 Å². The van der Waals surface area contributed by atoms with Gasteiger partial charge in [0.15, 0.2) is 0 Å². The molecule has 22 heavy (non-hydrogen) atoms. The van der Waals surface area contributed by atoms with Gasteiger partial charge in [-0.1, -0.05) is 12.1 Å². The SMILES string of the molecule is CN(CCC(=O)O)CC(O)COc1ccccc1C(F)(F)F. The molecule has 0 saturated carbocycles. The molecule has 0 heterocycles. The third-order valence-electron chi connectivity index (χ3n) is 2.85. The molecule has 1 rings (SSSR count). The topological polar surface area (TPSA) is 70.0 Å². The highest BCUT2D eigenvalue weighted by molar-refractivity contribution is 5.66. The van der Waals surface area contributed by atoms with Crippen LogP contribution >= 0.6 is 0 Å². The summed E-state index contributed by atoms with van der Waals surface area (Å²) in [5.41, 5.74) is -0.901. The standard InChI is InChI=1S/C14H18F3NO4/c1-18(7-6-13(20)21)8-10(19)9-22-12-5-3-2-4-11(12)14(15,16)17/h2-5,10,19H,6-9H2,1H3,(H,20,21). The van der Waals surface area contributed by atoms with Crippen LogP contribution in [0.25, 0.3) is 0 Å². The third-order valence-corrected chi connectivity index (χ3v) is 2.85. The number of likely N-dealkylation sites (N-methyl/N-ethyl adjacent to an activating group) is 1. The van der Waals surface area contributed by atoms with Gasteiger partial charge >= 0.3 is 12.1 Å². The number of nitrogens with zero attached hydrogens (tertiary/aromatic N) is 1. The molecular weight excluding hydrogens is 303 g/mol. The van der Waals surface area contributed by atoms with E-state index in [1.807, 2.05) is 0 Å². The number of aliphatic carboxylic acids is 1. The molecule has 0 amide bonds. The Bertz CT molecular complexity index is 493. The predicted octanol–water partition coefficient (Wildman–Crippen LogP) is 1.85. The van der Waals surface area contributed by atoms with E-state index in [2.05, 4.69) is 0 Å². The van der Waals surface area contributed by atoms with E-state index in [1.54, 1.807) is 11.9 Å². The van der Waals surface area contributed by atoms with Crippen molar-refractivity contribution in [1.29, 1.82) is 0 Å². The zero-order valence-electron chi connectivity index (χ0n) is 12.0. The Kier molecular flexibility index (Phi) is 6.63. The van der Waals surface area contributed by atoms with Crippen LogP contribution < -0.4 is 4.74 Å². The molecule has 0 fully saturated rings. The summed E-state index contributed by atoms with van der Waals surface area (Å²) in [6.45, 7) is 0.0114. The first-order chi connectivity index (χ1) is 10.2. The highest BCUT2D eigenvalue weighted by Crippen LogP contribution is 2.35. The van der Waals surface area contributed by atoms with Crippen LogP contribution in [0.2, 0.25) is 0 Å². The van der Waals surface area contributed by atoms with E-state index in [1.165, 1.54) is 18.2 Å². The van der Waals surface area contributed by atoms with Gasteiger partial charge in [-0.3, -0.25) is 4.79 Å². The quantitative estimate of drug-likeness (QED) is 0.765. The van der Waals surface area contributed by atoms with Crippen LogP contribution in [-0.2, 0) is 11.0 Å². The molecule has 1 atom stereocenters. The van der Waals surface area contributed by atoms with Crippen molar-refractivity contribution in [3.8, 4) is 5.75 Å². The number of carbonyl (C=O) groups is 1. The van der Waals surface area contributed by atoms with Crippen molar-refractivity contribution in [2.75, 3.05) is 26.7 Å². The number of rotatable bonds is 8. The maximum atomic E-state index is 12.8. The largest absolute Gasteiger partial charge is 0.490 e. The molecule has 0 bridgehead atoms.